The highest BCUT2D eigenvalue weighted by molar-refractivity contribution is 6.08. The fraction of sp³-hybridized carbons (Fsp3) is 0.385. The molecule has 0 aliphatic carbocycles. The first-order valence-corrected chi connectivity index (χ1v) is 6.02. The molecule has 1 heterocycles. The van der Waals surface area contributed by atoms with E-state index in [0.29, 0.717) is 12.3 Å². The van der Waals surface area contributed by atoms with Gasteiger partial charge in [0.25, 0.3) is 5.91 Å². The van der Waals surface area contributed by atoms with E-state index in [0.717, 1.165) is 24.2 Å². The normalized spacial score (nSPS) is 15.1. The van der Waals surface area contributed by atoms with Crippen molar-refractivity contribution in [2.75, 3.05) is 18.6 Å². The van der Waals surface area contributed by atoms with Gasteiger partial charge in [-0.2, -0.15) is 0 Å². The number of hydrogen-bond acceptors (Lipinski definition) is 4. The van der Waals surface area contributed by atoms with Crippen molar-refractivity contribution >= 4 is 17.6 Å². The van der Waals surface area contributed by atoms with Gasteiger partial charge in [0.05, 0.1) is 6.61 Å². The third-order valence-corrected chi connectivity index (χ3v) is 3.14. The number of carbonyl (C=O) groups excluding carboxylic acids is 1. The Morgan fingerprint density at radius 1 is 1.47 bits per heavy atom. The number of aliphatic carboxylic acids is 1. The molecule has 1 atom stereocenters. The molecule has 1 aliphatic rings. The molecule has 1 aromatic carbocycles. The Labute approximate surface area is 110 Å². The first kappa shape index (κ1) is 13.4. The number of likely N-dealkylation sites (N-methyl/N-ethyl adjacent to an activating group) is 1. The van der Waals surface area contributed by atoms with Gasteiger partial charge in [-0.1, -0.05) is 0 Å². The molecule has 1 aliphatic heterocycles. The van der Waals surface area contributed by atoms with Crippen molar-refractivity contribution in [1.29, 1.82) is 0 Å². The number of fused-ring (bicyclic) bond motifs is 1. The largest absolute Gasteiger partial charge is 0.493 e. The van der Waals surface area contributed by atoms with E-state index in [2.05, 4.69) is 0 Å². The van der Waals surface area contributed by atoms with E-state index >= 15 is 0 Å². The minimum atomic E-state index is -1.54. The zero-order chi connectivity index (χ0) is 14.0. The summed E-state index contributed by atoms with van der Waals surface area (Å²) in [7, 11) is 1.51. The summed E-state index contributed by atoms with van der Waals surface area (Å²) in [6.07, 6.45) is 1.82. The number of ether oxygens (including phenoxy) is 1. The van der Waals surface area contributed by atoms with Crippen LogP contribution in [0.4, 0.5) is 5.69 Å². The Balaban J connectivity index is 2.22. The Morgan fingerprint density at radius 2 is 2.21 bits per heavy atom. The number of carboxylic acids is 1. The maximum absolute atomic E-state index is 11.8. The minimum absolute atomic E-state index is 0.617. The molecule has 0 fully saturated rings. The minimum Gasteiger partial charge on any atom is -0.493 e. The highest BCUT2D eigenvalue weighted by Gasteiger charge is 2.26. The van der Waals surface area contributed by atoms with Crippen LogP contribution in [0.15, 0.2) is 18.2 Å². The third kappa shape index (κ3) is 2.68. The van der Waals surface area contributed by atoms with E-state index in [-0.39, 0.29) is 0 Å². The van der Waals surface area contributed by atoms with Crippen LogP contribution in [0.25, 0.3) is 0 Å². The molecule has 1 amide bonds. The van der Waals surface area contributed by atoms with Gasteiger partial charge >= 0.3 is 5.97 Å². The molecule has 102 valence electrons. The molecule has 1 aromatic rings. The number of hydrogen-bond donors (Lipinski definition) is 2. The van der Waals surface area contributed by atoms with Gasteiger partial charge in [0.15, 0.2) is 6.04 Å². The maximum atomic E-state index is 11.8. The lowest BCUT2D eigenvalue weighted by molar-refractivity contribution is -0.142. The molecule has 6 heteroatoms. The van der Waals surface area contributed by atoms with Crippen LogP contribution < -0.4 is 15.4 Å². The second-order valence-electron chi connectivity index (χ2n) is 4.46. The topological polar surface area (TPSA) is 92.9 Å². The number of carboxylic acid groups (broad SMARTS) is 1. The lowest BCUT2D eigenvalue weighted by atomic mass is 10.1. The number of benzene rings is 1. The summed E-state index contributed by atoms with van der Waals surface area (Å²) in [6, 6.07) is 3.80. The van der Waals surface area contributed by atoms with Crippen molar-refractivity contribution < 1.29 is 19.4 Å². The molecular weight excluding hydrogens is 248 g/mol. The molecule has 0 spiro atoms. The first-order chi connectivity index (χ1) is 9.00. The van der Waals surface area contributed by atoms with Gasteiger partial charge in [0, 0.05) is 12.7 Å². The number of carbonyl (C=O) groups is 2. The summed E-state index contributed by atoms with van der Waals surface area (Å²) in [5.41, 5.74) is 6.96. The maximum Gasteiger partial charge on any atom is 0.330 e. The SMILES string of the molecule is CN(C(=O)C(N)C(=O)O)c1ccc2c(c1)CCCO2. The standard InChI is InChI=1S/C13H16N2O4/c1-15(12(16)11(14)13(17)18)9-4-5-10-8(7-9)3-2-6-19-10/h4-5,7,11H,2-3,6,14H2,1H3,(H,17,18). The van der Waals surface area contributed by atoms with Crippen molar-refractivity contribution in [2.24, 2.45) is 5.73 Å². The van der Waals surface area contributed by atoms with Crippen LogP contribution in [-0.4, -0.2) is 36.7 Å². The fourth-order valence-corrected chi connectivity index (χ4v) is 2.00. The van der Waals surface area contributed by atoms with E-state index < -0.39 is 17.9 Å². The number of rotatable bonds is 3. The average molecular weight is 264 g/mol. The van der Waals surface area contributed by atoms with Crippen molar-refractivity contribution in [1.82, 2.24) is 0 Å². The van der Waals surface area contributed by atoms with Crippen LogP contribution >= 0.6 is 0 Å². The highest BCUT2D eigenvalue weighted by atomic mass is 16.5. The van der Waals surface area contributed by atoms with Gasteiger partial charge < -0.3 is 20.5 Å². The number of anilines is 1. The average Bonchev–Trinajstić information content (AvgIpc) is 2.44. The van der Waals surface area contributed by atoms with Crippen LogP contribution in [0.5, 0.6) is 5.75 Å². The molecule has 0 saturated carbocycles. The number of nitrogens with two attached hydrogens (primary N) is 1. The molecular formula is C13H16N2O4. The van der Waals surface area contributed by atoms with Crippen LogP contribution in [0.2, 0.25) is 0 Å². The van der Waals surface area contributed by atoms with Crippen molar-refractivity contribution in [3.63, 3.8) is 0 Å². The molecule has 1 unspecified atom stereocenters. The quantitative estimate of drug-likeness (QED) is 0.770. The zero-order valence-corrected chi connectivity index (χ0v) is 10.6. The Bertz CT molecular complexity index is 515. The van der Waals surface area contributed by atoms with Crippen LogP contribution in [0.3, 0.4) is 0 Å². The molecule has 2 rings (SSSR count). The van der Waals surface area contributed by atoms with E-state index in [1.807, 2.05) is 6.07 Å². The predicted octanol–water partition coefficient (Wildman–Crippen LogP) is 0.386. The Kier molecular flexibility index (Phi) is 3.71. The lowest BCUT2D eigenvalue weighted by Gasteiger charge is -2.23. The van der Waals surface area contributed by atoms with Crippen molar-refractivity contribution in [2.45, 2.75) is 18.9 Å². The molecule has 0 bridgehead atoms. The lowest BCUT2D eigenvalue weighted by Crippen LogP contribution is -2.46. The molecule has 3 N–H and O–H groups in total. The highest BCUT2D eigenvalue weighted by Crippen LogP contribution is 2.28. The van der Waals surface area contributed by atoms with Crippen LogP contribution in [0, 0.1) is 0 Å². The number of aryl methyl sites for hydroxylation is 1. The van der Waals surface area contributed by atoms with E-state index in [1.165, 1.54) is 11.9 Å². The van der Waals surface area contributed by atoms with Crippen molar-refractivity contribution in [3.8, 4) is 5.75 Å². The second kappa shape index (κ2) is 5.27. The molecule has 0 radical (unpaired) electrons. The van der Waals surface area contributed by atoms with Crippen LogP contribution in [0.1, 0.15) is 12.0 Å². The number of nitrogens with zero attached hydrogens (tertiary/aromatic N) is 1. The summed E-state index contributed by atoms with van der Waals surface area (Å²) in [6.45, 7) is 0.699. The van der Waals surface area contributed by atoms with Gasteiger partial charge in [-0.15, -0.1) is 0 Å². The summed E-state index contributed by atoms with van der Waals surface area (Å²) < 4.78 is 5.48. The number of amides is 1. The summed E-state index contributed by atoms with van der Waals surface area (Å²) in [4.78, 5) is 23.8. The van der Waals surface area contributed by atoms with E-state index in [4.69, 9.17) is 15.6 Å². The monoisotopic (exact) mass is 264 g/mol. The second-order valence-corrected chi connectivity index (χ2v) is 4.46. The van der Waals surface area contributed by atoms with E-state index in [9.17, 15) is 9.59 Å². The van der Waals surface area contributed by atoms with Gasteiger partial charge in [0.1, 0.15) is 5.75 Å². The van der Waals surface area contributed by atoms with Gasteiger partial charge in [0.2, 0.25) is 0 Å². The van der Waals surface area contributed by atoms with Crippen LogP contribution in [-0.2, 0) is 16.0 Å². The molecule has 6 nitrogen and oxygen atoms in total. The molecule has 0 saturated heterocycles. The Hall–Kier alpha value is -2.08. The fourth-order valence-electron chi connectivity index (χ4n) is 2.00. The summed E-state index contributed by atoms with van der Waals surface area (Å²) in [5.74, 6) is -1.17. The summed E-state index contributed by atoms with van der Waals surface area (Å²) in [5, 5.41) is 8.75. The van der Waals surface area contributed by atoms with Gasteiger partial charge in [-0.3, -0.25) is 4.79 Å². The molecule has 0 aromatic heterocycles. The Morgan fingerprint density at radius 3 is 2.89 bits per heavy atom. The van der Waals surface area contributed by atoms with Crippen molar-refractivity contribution in [3.05, 3.63) is 23.8 Å². The zero-order valence-electron chi connectivity index (χ0n) is 10.6. The van der Waals surface area contributed by atoms with Gasteiger partial charge in [-0.25, -0.2) is 4.79 Å². The van der Waals surface area contributed by atoms with Gasteiger partial charge in [-0.05, 0) is 36.6 Å². The first-order valence-electron chi connectivity index (χ1n) is 6.02. The predicted molar refractivity (Wildman–Crippen MR) is 69.3 cm³/mol. The van der Waals surface area contributed by atoms with E-state index in [1.54, 1.807) is 12.1 Å². The third-order valence-electron chi connectivity index (χ3n) is 3.14. The summed E-state index contributed by atoms with van der Waals surface area (Å²) >= 11 is 0. The molecule has 19 heavy (non-hydrogen) atoms. The smallest absolute Gasteiger partial charge is 0.330 e.